The lowest BCUT2D eigenvalue weighted by Crippen LogP contribution is -2.47. The number of carbonyl (C=O) groups is 1. The Bertz CT molecular complexity index is 774. The van der Waals surface area contributed by atoms with Gasteiger partial charge in [0, 0.05) is 31.6 Å². The molecule has 0 spiro atoms. The van der Waals surface area contributed by atoms with E-state index in [4.69, 9.17) is 0 Å². The number of aromatic nitrogens is 3. The maximum atomic E-state index is 13.6. The molecule has 2 fully saturated rings. The van der Waals surface area contributed by atoms with Crippen molar-refractivity contribution >= 4 is 5.91 Å². The van der Waals surface area contributed by atoms with E-state index in [9.17, 15) is 9.18 Å². The summed E-state index contributed by atoms with van der Waals surface area (Å²) in [6.07, 6.45) is 4.89. The Kier molecular flexibility index (Phi) is 5.18. The number of rotatable bonds is 4. The molecule has 1 aromatic heterocycles. The summed E-state index contributed by atoms with van der Waals surface area (Å²) < 4.78 is 15.2. The first-order chi connectivity index (χ1) is 13.1. The molecule has 2 aliphatic heterocycles. The van der Waals surface area contributed by atoms with Gasteiger partial charge in [0.25, 0.3) is 0 Å². The smallest absolute Gasteiger partial charge is 0.247 e. The molecule has 1 amide bonds. The third-order valence-corrected chi connectivity index (χ3v) is 5.85. The van der Waals surface area contributed by atoms with Crippen molar-refractivity contribution in [3.05, 3.63) is 48.3 Å². The third-order valence-electron chi connectivity index (χ3n) is 5.85. The van der Waals surface area contributed by atoms with Gasteiger partial charge in [-0.05, 0) is 43.4 Å². The van der Waals surface area contributed by atoms with Gasteiger partial charge in [-0.3, -0.25) is 15.6 Å². The summed E-state index contributed by atoms with van der Waals surface area (Å²) in [5.74, 6) is 0.569. The molecule has 2 saturated heterocycles. The second kappa shape index (κ2) is 7.74. The van der Waals surface area contributed by atoms with Gasteiger partial charge >= 0.3 is 0 Å². The zero-order chi connectivity index (χ0) is 18.8. The van der Waals surface area contributed by atoms with Crippen LogP contribution in [0.15, 0.2) is 36.9 Å². The maximum absolute atomic E-state index is 13.6. The zero-order valence-corrected chi connectivity index (χ0v) is 15.4. The molecular weight excluding hydrogens is 347 g/mol. The van der Waals surface area contributed by atoms with E-state index in [1.807, 2.05) is 17.9 Å². The Morgan fingerprint density at radius 3 is 2.85 bits per heavy atom. The minimum atomic E-state index is -0.338. The van der Waals surface area contributed by atoms with E-state index in [1.54, 1.807) is 23.1 Å². The molecule has 0 radical (unpaired) electrons. The molecule has 8 heteroatoms. The van der Waals surface area contributed by atoms with Gasteiger partial charge in [0.15, 0.2) is 0 Å². The fraction of sp³-hybridized carbons (Fsp3) is 0.526. The quantitative estimate of drug-likeness (QED) is 0.850. The summed E-state index contributed by atoms with van der Waals surface area (Å²) in [7, 11) is 0. The Balaban J connectivity index is 1.38. The van der Waals surface area contributed by atoms with E-state index >= 15 is 0 Å². The second-order valence-electron chi connectivity index (χ2n) is 7.43. The molecule has 4 rings (SSSR count). The lowest BCUT2D eigenvalue weighted by atomic mass is 9.80. The second-order valence-corrected chi connectivity index (χ2v) is 7.43. The third kappa shape index (κ3) is 3.72. The highest BCUT2D eigenvalue weighted by Crippen LogP contribution is 2.33. The standard InChI is InChI=1S/C19H25FN6O/c1-13(26-12-21-11-23-26)19(27)25-7-5-14(6-8-25)18-17(10-22-24-18)15-3-2-4-16(20)9-15/h2-4,9,11-14,17-18,22,24H,5-8,10H2,1H3. The number of halogens is 1. The maximum Gasteiger partial charge on any atom is 0.247 e. The van der Waals surface area contributed by atoms with E-state index in [-0.39, 0.29) is 29.7 Å². The van der Waals surface area contributed by atoms with Crippen LogP contribution in [0.25, 0.3) is 0 Å². The molecular formula is C19H25FN6O. The number of hydrogen-bond donors (Lipinski definition) is 2. The molecule has 3 unspecified atom stereocenters. The molecule has 2 aliphatic rings. The highest BCUT2D eigenvalue weighted by Gasteiger charge is 2.37. The summed E-state index contributed by atoms with van der Waals surface area (Å²) in [6, 6.07) is 6.78. The van der Waals surface area contributed by atoms with Crippen LogP contribution in [0.4, 0.5) is 4.39 Å². The van der Waals surface area contributed by atoms with Crippen LogP contribution in [0.1, 0.15) is 37.3 Å². The number of hydrazine groups is 1. The number of piperidine rings is 1. The number of benzene rings is 1. The molecule has 0 bridgehead atoms. The van der Waals surface area contributed by atoms with Gasteiger partial charge in [0.1, 0.15) is 24.5 Å². The van der Waals surface area contributed by atoms with Crippen molar-refractivity contribution in [1.82, 2.24) is 30.5 Å². The minimum Gasteiger partial charge on any atom is -0.341 e. The molecule has 7 nitrogen and oxygen atoms in total. The Hall–Kier alpha value is -2.32. The van der Waals surface area contributed by atoms with Crippen LogP contribution in [0.2, 0.25) is 0 Å². The number of likely N-dealkylation sites (tertiary alicyclic amines) is 1. The number of hydrogen-bond acceptors (Lipinski definition) is 5. The molecule has 0 saturated carbocycles. The molecule has 144 valence electrons. The number of nitrogens with one attached hydrogen (secondary N) is 2. The number of nitrogens with zero attached hydrogens (tertiary/aromatic N) is 4. The molecule has 3 atom stereocenters. The Labute approximate surface area is 157 Å². The van der Waals surface area contributed by atoms with Gasteiger partial charge in [-0.1, -0.05) is 12.1 Å². The number of carbonyl (C=O) groups excluding carboxylic acids is 1. The average molecular weight is 372 g/mol. The van der Waals surface area contributed by atoms with Crippen LogP contribution < -0.4 is 10.9 Å². The Morgan fingerprint density at radius 2 is 2.15 bits per heavy atom. The SMILES string of the molecule is CC(C(=O)N1CCC(C2NNCC2c2cccc(F)c2)CC1)n1cncn1. The molecule has 1 aromatic carbocycles. The van der Waals surface area contributed by atoms with Gasteiger partial charge in [-0.15, -0.1) is 0 Å². The van der Waals surface area contributed by atoms with E-state index in [1.165, 1.54) is 12.4 Å². The summed E-state index contributed by atoms with van der Waals surface area (Å²) in [5.41, 5.74) is 7.65. The van der Waals surface area contributed by atoms with E-state index < -0.39 is 0 Å². The van der Waals surface area contributed by atoms with Gasteiger partial charge in [0.2, 0.25) is 5.91 Å². The van der Waals surface area contributed by atoms with Crippen LogP contribution in [-0.2, 0) is 4.79 Å². The van der Waals surface area contributed by atoms with Crippen LogP contribution >= 0.6 is 0 Å². The van der Waals surface area contributed by atoms with E-state index in [0.29, 0.717) is 5.92 Å². The summed E-state index contributed by atoms with van der Waals surface area (Å²) in [5, 5.41) is 4.07. The highest BCUT2D eigenvalue weighted by molar-refractivity contribution is 5.80. The highest BCUT2D eigenvalue weighted by atomic mass is 19.1. The fourth-order valence-electron chi connectivity index (χ4n) is 4.30. The lowest BCUT2D eigenvalue weighted by molar-refractivity contribution is -0.136. The number of amides is 1. The normalized spacial score (nSPS) is 24.9. The van der Waals surface area contributed by atoms with E-state index in [0.717, 1.165) is 38.0 Å². The van der Waals surface area contributed by atoms with Gasteiger partial charge in [-0.2, -0.15) is 5.10 Å². The van der Waals surface area contributed by atoms with Crippen molar-refractivity contribution in [1.29, 1.82) is 0 Å². The predicted octanol–water partition coefficient (Wildman–Crippen LogP) is 1.48. The molecule has 2 aromatic rings. The van der Waals surface area contributed by atoms with Crippen molar-refractivity contribution in [3.63, 3.8) is 0 Å². The van der Waals surface area contributed by atoms with Crippen LogP contribution in [0.3, 0.4) is 0 Å². The van der Waals surface area contributed by atoms with E-state index in [2.05, 4.69) is 20.9 Å². The van der Waals surface area contributed by atoms with Crippen LogP contribution in [0.5, 0.6) is 0 Å². The fourth-order valence-corrected chi connectivity index (χ4v) is 4.30. The first-order valence-corrected chi connectivity index (χ1v) is 9.50. The monoisotopic (exact) mass is 372 g/mol. The van der Waals surface area contributed by atoms with Gasteiger partial charge in [-0.25, -0.2) is 14.1 Å². The Morgan fingerprint density at radius 1 is 1.33 bits per heavy atom. The first kappa shape index (κ1) is 18.1. The van der Waals surface area contributed by atoms with Crippen molar-refractivity contribution in [2.24, 2.45) is 5.92 Å². The van der Waals surface area contributed by atoms with Gasteiger partial charge in [0.05, 0.1) is 0 Å². The topological polar surface area (TPSA) is 75.1 Å². The molecule has 2 N–H and O–H groups in total. The molecule has 27 heavy (non-hydrogen) atoms. The minimum absolute atomic E-state index is 0.0816. The van der Waals surface area contributed by atoms with Crippen molar-refractivity contribution in [2.75, 3.05) is 19.6 Å². The van der Waals surface area contributed by atoms with Crippen molar-refractivity contribution in [3.8, 4) is 0 Å². The average Bonchev–Trinajstić information content (AvgIpc) is 3.39. The zero-order valence-electron chi connectivity index (χ0n) is 15.4. The van der Waals surface area contributed by atoms with Crippen LogP contribution in [0, 0.1) is 11.7 Å². The van der Waals surface area contributed by atoms with Gasteiger partial charge < -0.3 is 4.90 Å². The van der Waals surface area contributed by atoms with Crippen molar-refractivity contribution in [2.45, 2.75) is 37.8 Å². The predicted molar refractivity (Wildman–Crippen MR) is 98.1 cm³/mol. The summed E-state index contributed by atoms with van der Waals surface area (Å²) in [4.78, 5) is 18.6. The largest absolute Gasteiger partial charge is 0.341 e. The first-order valence-electron chi connectivity index (χ1n) is 9.50. The van der Waals surface area contributed by atoms with Crippen molar-refractivity contribution < 1.29 is 9.18 Å². The molecule has 3 heterocycles. The summed E-state index contributed by atoms with van der Waals surface area (Å²) >= 11 is 0. The summed E-state index contributed by atoms with van der Waals surface area (Å²) in [6.45, 7) is 4.11. The van der Waals surface area contributed by atoms with Crippen LogP contribution in [-0.4, -0.2) is 51.2 Å². The molecule has 0 aliphatic carbocycles. The lowest BCUT2D eigenvalue weighted by Gasteiger charge is -2.37.